The number of rotatable bonds is 4. The highest BCUT2D eigenvalue weighted by Gasteiger charge is 2.34. The molecule has 6 heteroatoms. The number of hydrogen-bond donors (Lipinski definition) is 1. The van der Waals surface area contributed by atoms with E-state index in [9.17, 15) is 8.42 Å². The number of hydrogen-bond acceptors (Lipinski definition) is 3. The van der Waals surface area contributed by atoms with Gasteiger partial charge >= 0.3 is 0 Å². The molecule has 18 heavy (non-hydrogen) atoms. The van der Waals surface area contributed by atoms with Crippen LogP contribution < -0.4 is 5.32 Å². The minimum atomic E-state index is -3.39. The maximum absolute atomic E-state index is 12.5. The van der Waals surface area contributed by atoms with Crippen molar-refractivity contribution < 1.29 is 8.42 Å². The van der Waals surface area contributed by atoms with Gasteiger partial charge in [0.25, 0.3) is 0 Å². The van der Waals surface area contributed by atoms with Crippen LogP contribution in [0.5, 0.6) is 0 Å². The number of likely N-dealkylation sites (N-methyl/N-ethyl adjacent to an activating group) is 1. The van der Waals surface area contributed by atoms with Gasteiger partial charge < -0.3 is 5.32 Å². The summed E-state index contributed by atoms with van der Waals surface area (Å²) < 4.78 is 26.6. The van der Waals surface area contributed by atoms with Crippen molar-refractivity contribution in [3.05, 3.63) is 29.3 Å². The summed E-state index contributed by atoms with van der Waals surface area (Å²) in [5.74, 6) is 0. The van der Waals surface area contributed by atoms with E-state index in [1.807, 2.05) is 7.05 Å². The third kappa shape index (κ3) is 2.69. The van der Waals surface area contributed by atoms with Crippen LogP contribution in [0.25, 0.3) is 0 Å². The fourth-order valence-corrected chi connectivity index (χ4v) is 4.13. The molecule has 0 saturated carbocycles. The molecule has 1 heterocycles. The van der Waals surface area contributed by atoms with E-state index in [0.29, 0.717) is 23.0 Å². The molecule has 1 unspecified atom stereocenters. The zero-order valence-corrected chi connectivity index (χ0v) is 11.8. The van der Waals surface area contributed by atoms with E-state index in [0.717, 1.165) is 12.8 Å². The topological polar surface area (TPSA) is 49.4 Å². The van der Waals surface area contributed by atoms with Crippen molar-refractivity contribution in [3.8, 4) is 0 Å². The first kappa shape index (κ1) is 13.8. The van der Waals surface area contributed by atoms with Gasteiger partial charge in [-0.15, -0.1) is 0 Å². The number of halogens is 1. The van der Waals surface area contributed by atoms with Gasteiger partial charge in [0, 0.05) is 24.2 Å². The Morgan fingerprint density at radius 1 is 1.39 bits per heavy atom. The van der Waals surface area contributed by atoms with E-state index in [-0.39, 0.29) is 6.04 Å². The summed E-state index contributed by atoms with van der Waals surface area (Å²) in [6, 6.07) is 6.39. The van der Waals surface area contributed by atoms with Gasteiger partial charge in [0.2, 0.25) is 10.0 Å². The molecule has 100 valence electrons. The molecule has 0 aromatic heterocycles. The van der Waals surface area contributed by atoms with Crippen molar-refractivity contribution in [2.75, 3.05) is 20.1 Å². The Kier molecular flexibility index (Phi) is 4.27. The van der Waals surface area contributed by atoms with Crippen LogP contribution in [0.3, 0.4) is 0 Å². The zero-order chi connectivity index (χ0) is 13.2. The van der Waals surface area contributed by atoms with E-state index in [1.54, 1.807) is 28.6 Å². The minimum absolute atomic E-state index is 0.0516. The molecule has 1 atom stereocenters. The first-order valence-electron chi connectivity index (χ1n) is 5.97. The molecule has 1 saturated heterocycles. The fourth-order valence-electron chi connectivity index (χ4n) is 2.31. The van der Waals surface area contributed by atoms with E-state index in [1.165, 1.54) is 0 Å². The van der Waals surface area contributed by atoms with Crippen LogP contribution in [0.1, 0.15) is 12.8 Å². The van der Waals surface area contributed by atoms with Gasteiger partial charge in [0.05, 0.1) is 4.90 Å². The highest BCUT2D eigenvalue weighted by molar-refractivity contribution is 7.89. The van der Waals surface area contributed by atoms with Crippen LogP contribution >= 0.6 is 11.6 Å². The first-order valence-corrected chi connectivity index (χ1v) is 7.79. The molecule has 0 aliphatic carbocycles. The van der Waals surface area contributed by atoms with Crippen LogP contribution in [0.15, 0.2) is 29.2 Å². The Morgan fingerprint density at radius 3 is 2.67 bits per heavy atom. The molecule has 1 N–H and O–H groups in total. The van der Waals surface area contributed by atoms with Crippen molar-refractivity contribution in [3.63, 3.8) is 0 Å². The van der Waals surface area contributed by atoms with Crippen LogP contribution in [0.2, 0.25) is 5.02 Å². The monoisotopic (exact) mass is 288 g/mol. The van der Waals surface area contributed by atoms with Crippen molar-refractivity contribution in [1.82, 2.24) is 9.62 Å². The number of sulfonamides is 1. The summed E-state index contributed by atoms with van der Waals surface area (Å²) >= 11 is 5.78. The lowest BCUT2D eigenvalue weighted by Gasteiger charge is -2.23. The third-order valence-electron chi connectivity index (χ3n) is 3.18. The molecular formula is C12H17ClN2O2S. The molecule has 1 aliphatic rings. The second kappa shape index (κ2) is 5.57. The minimum Gasteiger partial charge on any atom is -0.318 e. The SMILES string of the molecule is CNCC1CCCN1S(=O)(=O)c1ccc(Cl)cc1. The fraction of sp³-hybridized carbons (Fsp3) is 0.500. The quantitative estimate of drug-likeness (QED) is 0.918. The largest absolute Gasteiger partial charge is 0.318 e. The molecule has 1 aromatic rings. The summed E-state index contributed by atoms with van der Waals surface area (Å²) in [6.45, 7) is 1.28. The Hall–Kier alpha value is -0.620. The van der Waals surface area contributed by atoms with E-state index >= 15 is 0 Å². The van der Waals surface area contributed by atoms with Gasteiger partial charge in [-0.3, -0.25) is 0 Å². The van der Waals surface area contributed by atoms with Crippen molar-refractivity contribution >= 4 is 21.6 Å². The van der Waals surface area contributed by atoms with Gasteiger partial charge in [0.1, 0.15) is 0 Å². The Balaban J connectivity index is 2.27. The van der Waals surface area contributed by atoms with E-state index in [2.05, 4.69) is 5.32 Å². The van der Waals surface area contributed by atoms with Crippen molar-refractivity contribution in [1.29, 1.82) is 0 Å². The molecule has 4 nitrogen and oxygen atoms in total. The van der Waals surface area contributed by atoms with Crippen molar-refractivity contribution in [2.45, 2.75) is 23.8 Å². The maximum atomic E-state index is 12.5. The van der Waals surface area contributed by atoms with Crippen LogP contribution in [-0.2, 0) is 10.0 Å². The number of benzene rings is 1. The molecule has 0 amide bonds. The van der Waals surface area contributed by atoms with Gasteiger partial charge in [0.15, 0.2) is 0 Å². The average Bonchev–Trinajstić information content (AvgIpc) is 2.79. The van der Waals surface area contributed by atoms with Crippen molar-refractivity contribution in [2.24, 2.45) is 0 Å². The summed E-state index contributed by atoms with van der Waals surface area (Å²) in [4.78, 5) is 0.315. The third-order valence-corrected chi connectivity index (χ3v) is 5.40. The summed E-state index contributed by atoms with van der Waals surface area (Å²) in [5.41, 5.74) is 0. The lowest BCUT2D eigenvalue weighted by atomic mass is 10.2. The average molecular weight is 289 g/mol. The molecule has 1 aromatic carbocycles. The van der Waals surface area contributed by atoms with Gasteiger partial charge in [-0.1, -0.05) is 11.6 Å². The molecule has 1 fully saturated rings. The molecule has 2 rings (SSSR count). The lowest BCUT2D eigenvalue weighted by Crippen LogP contribution is -2.40. The molecule has 1 aliphatic heterocycles. The van der Waals surface area contributed by atoms with Crippen LogP contribution in [-0.4, -0.2) is 38.9 Å². The van der Waals surface area contributed by atoms with Crippen LogP contribution in [0.4, 0.5) is 0 Å². The smallest absolute Gasteiger partial charge is 0.243 e. The highest BCUT2D eigenvalue weighted by Crippen LogP contribution is 2.26. The predicted octanol–water partition coefficient (Wildman–Crippen LogP) is 1.71. The second-order valence-corrected chi connectivity index (χ2v) is 6.75. The van der Waals surface area contributed by atoms with Gasteiger partial charge in [-0.05, 0) is 44.2 Å². The number of nitrogens with zero attached hydrogens (tertiary/aromatic N) is 1. The summed E-state index contributed by atoms with van der Waals surface area (Å²) in [6.07, 6.45) is 1.83. The van der Waals surface area contributed by atoms with Gasteiger partial charge in [-0.2, -0.15) is 4.31 Å². The predicted molar refractivity (Wildman–Crippen MR) is 72.3 cm³/mol. The van der Waals surface area contributed by atoms with E-state index < -0.39 is 10.0 Å². The maximum Gasteiger partial charge on any atom is 0.243 e. The van der Waals surface area contributed by atoms with Crippen LogP contribution in [0, 0.1) is 0 Å². The Morgan fingerprint density at radius 2 is 2.06 bits per heavy atom. The Bertz CT molecular complexity index is 501. The first-order chi connectivity index (χ1) is 8.55. The lowest BCUT2D eigenvalue weighted by molar-refractivity contribution is 0.379. The molecular weight excluding hydrogens is 272 g/mol. The summed E-state index contributed by atoms with van der Waals surface area (Å²) in [7, 11) is -1.55. The number of nitrogens with one attached hydrogen (secondary N) is 1. The molecule has 0 spiro atoms. The normalized spacial score (nSPS) is 21.3. The Labute approximate surface area is 113 Å². The summed E-state index contributed by atoms with van der Waals surface area (Å²) in [5, 5.41) is 3.59. The zero-order valence-electron chi connectivity index (χ0n) is 10.3. The van der Waals surface area contributed by atoms with E-state index in [4.69, 9.17) is 11.6 Å². The molecule has 0 bridgehead atoms. The second-order valence-electron chi connectivity index (χ2n) is 4.42. The highest BCUT2D eigenvalue weighted by atomic mass is 35.5. The molecule has 0 radical (unpaired) electrons. The standard InChI is InChI=1S/C12H17ClN2O2S/c1-14-9-11-3-2-8-15(11)18(16,17)12-6-4-10(13)5-7-12/h4-7,11,14H,2-3,8-9H2,1H3. The van der Waals surface area contributed by atoms with Gasteiger partial charge in [-0.25, -0.2) is 8.42 Å².